The van der Waals surface area contributed by atoms with E-state index in [1.54, 1.807) is 0 Å². The molecule has 0 saturated heterocycles. The Hall–Kier alpha value is -1.47. The lowest BCUT2D eigenvalue weighted by molar-refractivity contribution is 0.0596. The number of hydrogen-bond acceptors (Lipinski definition) is 4. The van der Waals surface area contributed by atoms with Crippen LogP contribution in [0.25, 0.3) is 0 Å². The molecule has 0 atom stereocenters. The molecular weight excluding hydrogens is 297 g/mol. The fourth-order valence-electron chi connectivity index (χ4n) is 2.52. The van der Waals surface area contributed by atoms with Crippen LogP contribution < -0.4 is 4.72 Å². The first-order valence-corrected chi connectivity index (χ1v) is 8.30. The summed E-state index contributed by atoms with van der Waals surface area (Å²) in [5.41, 5.74) is -0.169. The van der Waals surface area contributed by atoms with Gasteiger partial charge in [-0.15, -0.1) is 0 Å². The molecule has 0 heterocycles. The molecule has 7 heteroatoms. The number of esters is 1. The molecule has 21 heavy (non-hydrogen) atoms. The van der Waals surface area contributed by atoms with E-state index < -0.39 is 21.8 Å². The summed E-state index contributed by atoms with van der Waals surface area (Å²) in [7, 11) is -2.80. The molecule has 0 unspecified atom stereocenters. The molecule has 1 aromatic rings. The molecule has 1 aliphatic carbocycles. The van der Waals surface area contributed by atoms with Gasteiger partial charge in [0.05, 0.1) is 17.6 Å². The van der Waals surface area contributed by atoms with Gasteiger partial charge < -0.3 is 4.74 Å². The van der Waals surface area contributed by atoms with Crippen molar-refractivity contribution in [2.45, 2.75) is 30.6 Å². The summed E-state index contributed by atoms with van der Waals surface area (Å²) in [5, 5.41) is 0. The van der Waals surface area contributed by atoms with Crippen molar-refractivity contribution in [3.8, 4) is 0 Å². The van der Waals surface area contributed by atoms with Crippen LogP contribution in [0, 0.1) is 11.7 Å². The van der Waals surface area contributed by atoms with Crippen LogP contribution >= 0.6 is 0 Å². The lowest BCUT2D eigenvalue weighted by Gasteiger charge is -2.13. The summed E-state index contributed by atoms with van der Waals surface area (Å²) in [6, 6.07) is 2.98. The van der Waals surface area contributed by atoms with E-state index in [1.807, 2.05) is 0 Å². The molecule has 1 aliphatic rings. The Bertz CT molecular complexity index is 624. The third-order valence-corrected chi connectivity index (χ3v) is 5.14. The van der Waals surface area contributed by atoms with Gasteiger partial charge in [0.1, 0.15) is 5.82 Å². The Balaban J connectivity index is 2.25. The second-order valence-electron chi connectivity index (χ2n) is 5.13. The molecule has 1 fully saturated rings. The highest BCUT2D eigenvalue weighted by Crippen LogP contribution is 2.25. The van der Waals surface area contributed by atoms with Crippen molar-refractivity contribution in [3.05, 3.63) is 29.6 Å². The van der Waals surface area contributed by atoms with Gasteiger partial charge in [0.2, 0.25) is 10.0 Å². The first-order chi connectivity index (χ1) is 9.94. The molecule has 5 nitrogen and oxygen atoms in total. The van der Waals surface area contributed by atoms with E-state index in [4.69, 9.17) is 0 Å². The molecule has 2 rings (SSSR count). The summed E-state index contributed by atoms with van der Waals surface area (Å²) in [4.78, 5) is 11.2. The maximum Gasteiger partial charge on any atom is 0.339 e. The summed E-state index contributed by atoms with van der Waals surface area (Å²) < 4.78 is 44.9. The number of carbonyl (C=O) groups is 1. The topological polar surface area (TPSA) is 72.5 Å². The van der Waals surface area contributed by atoms with Crippen molar-refractivity contribution in [2.24, 2.45) is 5.92 Å². The van der Waals surface area contributed by atoms with E-state index in [-0.39, 0.29) is 10.5 Å². The second-order valence-corrected chi connectivity index (χ2v) is 6.87. The Labute approximate surface area is 123 Å². The van der Waals surface area contributed by atoms with Gasteiger partial charge in [0, 0.05) is 6.54 Å². The van der Waals surface area contributed by atoms with Crippen molar-refractivity contribution >= 4 is 16.0 Å². The molecule has 1 aromatic carbocycles. The SMILES string of the molecule is COC(=O)c1ccc(F)cc1S(=O)(=O)NCC1CCCC1. The highest BCUT2D eigenvalue weighted by Gasteiger charge is 2.25. The summed E-state index contributed by atoms with van der Waals surface area (Å²) in [5.74, 6) is -1.23. The van der Waals surface area contributed by atoms with Gasteiger partial charge in [-0.1, -0.05) is 12.8 Å². The normalized spacial score (nSPS) is 16.1. The third-order valence-electron chi connectivity index (χ3n) is 3.68. The highest BCUT2D eigenvalue weighted by atomic mass is 32.2. The smallest absolute Gasteiger partial charge is 0.339 e. The monoisotopic (exact) mass is 315 g/mol. The standard InChI is InChI=1S/C14H18FNO4S/c1-20-14(17)12-7-6-11(15)8-13(12)21(18,19)16-9-10-4-2-3-5-10/h6-8,10,16H,2-5,9H2,1H3. The number of ether oxygens (including phenoxy) is 1. The van der Waals surface area contributed by atoms with E-state index in [2.05, 4.69) is 9.46 Å². The number of sulfonamides is 1. The number of rotatable bonds is 5. The predicted molar refractivity (Wildman–Crippen MR) is 74.9 cm³/mol. The molecule has 0 radical (unpaired) electrons. The van der Waals surface area contributed by atoms with Gasteiger partial charge in [0.15, 0.2) is 0 Å². The summed E-state index contributed by atoms with van der Waals surface area (Å²) >= 11 is 0. The van der Waals surface area contributed by atoms with E-state index >= 15 is 0 Å². The number of nitrogens with one attached hydrogen (secondary N) is 1. The predicted octanol–water partition coefficient (Wildman–Crippen LogP) is 2.08. The van der Waals surface area contributed by atoms with E-state index in [1.165, 1.54) is 0 Å². The van der Waals surface area contributed by atoms with Crippen LogP contribution in [0.5, 0.6) is 0 Å². The molecule has 1 N–H and O–H groups in total. The first kappa shape index (κ1) is 15.9. The van der Waals surface area contributed by atoms with Gasteiger partial charge in [-0.25, -0.2) is 22.3 Å². The fourth-order valence-corrected chi connectivity index (χ4v) is 3.84. The van der Waals surface area contributed by atoms with E-state index in [9.17, 15) is 17.6 Å². The van der Waals surface area contributed by atoms with Crippen LogP contribution in [-0.4, -0.2) is 28.0 Å². The number of methoxy groups -OCH3 is 1. The van der Waals surface area contributed by atoms with Crippen LogP contribution in [-0.2, 0) is 14.8 Å². The van der Waals surface area contributed by atoms with E-state index in [0.29, 0.717) is 12.5 Å². The number of hydrogen-bond donors (Lipinski definition) is 1. The molecule has 0 aromatic heterocycles. The average Bonchev–Trinajstić information content (AvgIpc) is 2.98. The van der Waals surface area contributed by atoms with Crippen LogP contribution in [0.4, 0.5) is 4.39 Å². The maximum atomic E-state index is 13.3. The lowest BCUT2D eigenvalue weighted by atomic mass is 10.1. The molecule has 0 spiro atoms. The van der Waals surface area contributed by atoms with Gasteiger partial charge >= 0.3 is 5.97 Å². The van der Waals surface area contributed by atoms with Gasteiger partial charge in [-0.3, -0.25) is 0 Å². The third kappa shape index (κ3) is 3.79. The number of carbonyl (C=O) groups excluding carboxylic acids is 1. The van der Waals surface area contributed by atoms with Crippen molar-refractivity contribution < 1.29 is 22.3 Å². The second kappa shape index (κ2) is 6.53. The van der Waals surface area contributed by atoms with E-state index in [0.717, 1.165) is 51.0 Å². The number of halogens is 1. The van der Waals surface area contributed by atoms with Crippen molar-refractivity contribution in [2.75, 3.05) is 13.7 Å². The zero-order valence-electron chi connectivity index (χ0n) is 11.8. The molecule has 116 valence electrons. The summed E-state index contributed by atoms with van der Waals surface area (Å²) in [6.45, 7) is 0.305. The molecule has 0 bridgehead atoms. The van der Waals surface area contributed by atoms with Crippen molar-refractivity contribution in [1.82, 2.24) is 4.72 Å². The lowest BCUT2D eigenvalue weighted by Crippen LogP contribution is -2.30. The Morgan fingerprint density at radius 3 is 2.67 bits per heavy atom. The average molecular weight is 315 g/mol. The Morgan fingerprint density at radius 1 is 1.38 bits per heavy atom. The van der Waals surface area contributed by atoms with Crippen LogP contribution in [0.3, 0.4) is 0 Å². The zero-order chi connectivity index (χ0) is 15.5. The molecular formula is C14H18FNO4S. The highest BCUT2D eigenvalue weighted by molar-refractivity contribution is 7.89. The fraction of sp³-hybridized carbons (Fsp3) is 0.500. The van der Waals surface area contributed by atoms with Crippen LogP contribution in [0.15, 0.2) is 23.1 Å². The quantitative estimate of drug-likeness (QED) is 0.844. The molecule has 0 aliphatic heterocycles. The van der Waals surface area contributed by atoms with Crippen LogP contribution in [0.1, 0.15) is 36.0 Å². The summed E-state index contributed by atoms with van der Waals surface area (Å²) in [6.07, 6.45) is 4.16. The van der Waals surface area contributed by atoms with Crippen molar-refractivity contribution in [3.63, 3.8) is 0 Å². The zero-order valence-corrected chi connectivity index (χ0v) is 12.6. The first-order valence-electron chi connectivity index (χ1n) is 6.81. The maximum absolute atomic E-state index is 13.3. The molecule has 0 amide bonds. The van der Waals surface area contributed by atoms with Gasteiger partial charge in [0.25, 0.3) is 0 Å². The minimum atomic E-state index is -3.95. The van der Waals surface area contributed by atoms with Gasteiger partial charge in [-0.05, 0) is 37.0 Å². The number of benzene rings is 1. The largest absolute Gasteiger partial charge is 0.465 e. The Kier molecular flexibility index (Phi) is 4.95. The minimum Gasteiger partial charge on any atom is -0.465 e. The van der Waals surface area contributed by atoms with Crippen molar-refractivity contribution in [1.29, 1.82) is 0 Å². The molecule has 1 saturated carbocycles. The van der Waals surface area contributed by atoms with Gasteiger partial charge in [-0.2, -0.15) is 0 Å². The Morgan fingerprint density at radius 2 is 2.05 bits per heavy atom. The van der Waals surface area contributed by atoms with Crippen LogP contribution in [0.2, 0.25) is 0 Å². The minimum absolute atomic E-state index is 0.169.